The summed E-state index contributed by atoms with van der Waals surface area (Å²) in [5.74, 6) is 0.955. The van der Waals surface area contributed by atoms with E-state index in [2.05, 4.69) is 50.1 Å². The van der Waals surface area contributed by atoms with E-state index in [9.17, 15) is 0 Å². The van der Waals surface area contributed by atoms with Crippen molar-refractivity contribution < 1.29 is 4.74 Å². The van der Waals surface area contributed by atoms with Crippen LogP contribution in [0.5, 0.6) is 5.75 Å². The lowest BCUT2D eigenvalue weighted by molar-refractivity contribution is 0.302. The maximum Gasteiger partial charge on any atom is 0.122 e. The first-order valence-corrected chi connectivity index (χ1v) is 11.8. The zero-order valence-electron chi connectivity index (χ0n) is 19.5. The Kier molecular flexibility index (Phi) is 11.2. The molecule has 2 aromatic rings. The molecule has 0 unspecified atom stereocenters. The van der Waals surface area contributed by atoms with Crippen LogP contribution in [0.3, 0.4) is 0 Å². The van der Waals surface area contributed by atoms with Gasteiger partial charge in [0.05, 0.1) is 18.0 Å². The Bertz CT molecular complexity index is 782. The van der Waals surface area contributed by atoms with Gasteiger partial charge in [0.1, 0.15) is 5.75 Å². The number of azo groups is 1. The molecule has 0 aromatic heterocycles. The largest absolute Gasteiger partial charge is 0.493 e. The number of benzene rings is 2. The minimum Gasteiger partial charge on any atom is -0.493 e. The molecule has 3 heteroatoms. The number of nitrogens with zero attached hydrogens (tertiary/aromatic N) is 2. The van der Waals surface area contributed by atoms with Crippen LogP contribution in [0, 0.1) is 20.8 Å². The quantitative estimate of drug-likeness (QED) is 0.226. The van der Waals surface area contributed by atoms with Gasteiger partial charge < -0.3 is 4.74 Å². The molecule has 0 saturated carbocycles. The van der Waals surface area contributed by atoms with E-state index in [0.29, 0.717) is 0 Å². The summed E-state index contributed by atoms with van der Waals surface area (Å²) in [4.78, 5) is 0. The summed E-state index contributed by atoms with van der Waals surface area (Å²) in [5.41, 5.74) is 5.27. The normalized spacial score (nSPS) is 11.3. The van der Waals surface area contributed by atoms with E-state index in [-0.39, 0.29) is 0 Å². The smallest absolute Gasteiger partial charge is 0.122 e. The summed E-state index contributed by atoms with van der Waals surface area (Å²) < 4.78 is 5.99. The van der Waals surface area contributed by atoms with Crippen LogP contribution >= 0.6 is 0 Å². The summed E-state index contributed by atoms with van der Waals surface area (Å²) in [5, 5.41) is 8.80. The molecule has 2 aromatic carbocycles. The number of hydrogen-bond acceptors (Lipinski definition) is 3. The zero-order valence-corrected chi connectivity index (χ0v) is 19.5. The Morgan fingerprint density at radius 2 is 1.33 bits per heavy atom. The molecule has 0 N–H and O–H groups in total. The SMILES string of the molecule is CCCCCCCCCCCCOc1ccc(N=Nc2ccc(C)cc2C)cc1C. The molecule has 2 rings (SSSR count). The highest BCUT2D eigenvalue weighted by Gasteiger charge is 2.02. The van der Waals surface area contributed by atoms with Gasteiger partial charge in [-0.3, -0.25) is 0 Å². The molecule has 0 atom stereocenters. The molecule has 0 spiro atoms. The molecule has 164 valence electrons. The van der Waals surface area contributed by atoms with E-state index in [1.165, 1.54) is 63.4 Å². The van der Waals surface area contributed by atoms with E-state index < -0.39 is 0 Å². The van der Waals surface area contributed by atoms with Crippen molar-refractivity contribution in [2.75, 3.05) is 6.61 Å². The average Bonchev–Trinajstić information content (AvgIpc) is 2.72. The van der Waals surface area contributed by atoms with Crippen LogP contribution in [0.15, 0.2) is 46.6 Å². The molecule has 0 bridgehead atoms. The fourth-order valence-corrected chi connectivity index (χ4v) is 3.66. The zero-order chi connectivity index (χ0) is 21.6. The molecule has 0 aliphatic rings. The number of aryl methyl sites for hydroxylation is 3. The fourth-order valence-electron chi connectivity index (χ4n) is 3.66. The minimum atomic E-state index is 0.792. The van der Waals surface area contributed by atoms with Crippen LogP contribution in [-0.4, -0.2) is 6.61 Å². The maximum absolute atomic E-state index is 5.99. The predicted octanol–water partition coefficient (Wildman–Crippen LogP) is 9.33. The van der Waals surface area contributed by atoms with Crippen molar-refractivity contribution in [3.8, 4) is 5.75 Å². The lowest BCUT2D eigenvalue weighted by Gasteiger charge is -2.09. The fraction of sp³-hybridized carbons (Fsp3) is 0.556. The van der Waals surface area contributed by atoms with Gasteiger partial charge in [-0.15, -0.1) is 0 Å². The Morgan fingerprint density at radius 3 is 1.97 bits per heavy atom. The van der Waals surface area contributed by atoms with E-state index in [4.69, 9.17) is 4.74 Å². The number of rotatable bonds is 14. The minimum absolute atomic E-state index is 0.792. The van der Waals surface area contributed by atoms with Crippen LogP contribution in [0.2, 0.25) is 0 Å². The third-order valence-electron chi connectivity index (χ3n) is 5.54. The summed E-state index contributed by atoms with van der Waals surface area (Å²) in [6, 6.07) is 12.3. The van der Waals surface area contributed by atoms with Gasteiger partial charge in [-0.1, -0.05) is 82.4 Å². The van der Waals surface area contributed by atoms with Crippen molar-refractivity contribution in [3.63, 3.8) is 0 Å². The average molecular weight is 409 g/mol. The number of unbranched alkanes of at least 4 members (excludes halogenated alkanes) is 9. The molecule has 3 nitrogen and oxygen atoms in total. The molecule has 0 amide bonds. The lowest BCUT2D eigenvalue weighted by Crippen LogP contribution is -1.98. The first-order chi connectivity index (χ1) is 14.6. The third kappa shape index (κ3) is 9.11. The van der Waals surface area contributed by atoms with Crippen LogP contribution in [0.25, 0.3) is 0 Å². The lowest BCUT2D eigenvalue weighted by atomic mass is 10.1. The molecule has 0 fully saturated rings. The van der Waals surface area contributed by atoms with Gasteiger partial charge in [0, 0.05) is 0 Å². The number of ether oxygens (including phenoxy) is 1. The van der Waals surface area contributed by atoms with Gasteiger partial charge in [-0.25, -0.2) is 0 Å². The topological polar surface area (TPSA) is 34.0 Å². The predicted molar refractivity (Wildman–Crippen MR) is 129 cm³/mol. The maximum atomic E-state index is 5.99. The van der Waals surface area contributed by atoms with Gasteiger partial charge >= 0.3 is 0 Å². The van der Waals surface area contributed by atoms with E-state index in [1.54, 1.807) is 0 Å². The van der Waals surface area contributed by atoms with Gasteiger partial charge in [0.2, 0.25) is 0 Å². The Hall–Kier alpha value is -2.16. The second kappa shape index (κ2) is 14.0. The van der Waals surface area contributed by atoms with Crippen molar-refractivity contribution in [1.82, 2.24) is 0 Å². The van der Waals surface area contributed by atoms with Crippen molar-refractivity contribution in [3.05, 3.63) is 53.1 Å². The van der Waals surface area contributed by atoms with Crippen molar-refractivity contribution in [2.45, 2.75) is 91.9 Å². The van der Waals surface area contributed by atoms with E-state index >= 15 is 0 Å². The number of hydrogen-bond donors (Lipinski definition) is 0. The summed E-state index contributed by atoms with van der Waals surface area (Å²) in [6.07, 6.45) is 13.4. The molecule has 0 aliphatic heterocycles. The molecular weight excluding hydrogens is 368 g/mol. The Labute approximate surface area is 184 Å². The first-order valence-electron chi connectivity index (χ1n) is 11.8. The van der Waals surface area contributed by atoms with Crippen LogP contribution < -0.4 is 4.74 Å². The highest BCUT2D eigenvalue weighted by molar-refractivity contribution is 5.49. The standard InChI is InChI=1S/C27H40N2O/c1-5-6-7-8-9-10-11-12-13-14-19-30-27-18-16-25(21-24(27)4)28-29-26-17-15-22(2)20-23(26)3/h15-18,20-21H,5-14,19H2,1-4H3. The second-order valence-electron chi connectivity index (χ2n) is 8.47. The molecular formula is C27H40N2O. The Balaban J connectivity index is 1.66. The molecule has 0 heterocycles. The highest BCUT2D eigenvalue weighted by atomic mass is 16.5. The third-order valence-corrected chi connectivity index (χ3v) is 5.54. The van der Waals surface area contributed by atoms with Crippen molar-refractivity contribution in [1.29, 1.82) is 0 Å². The van der Waals surface area contributed by atoms with Gasteiger partial charge in [-0.2, -0.15) is 10.2 Å². The van der Waals surface area contributed by atoms with Crippen LogP contribution in [-0.2, 0) is 0 Å². The summed E-state index contributed by atoms with van der Waals surface area (Å²) in [6.45, 7) is 9.30. The molecule has 0 radical (unpaired) electrons. The summed E-state index contributed by atoms with van der Waals surface area (Å²) in [7, 11) is 0. The molecule has 30 heavy (non-hydrogen) atoms. The summed E-state index contributed by atoms with van der Waals surface area (Å²) >= 11 is 0. The van der Waals surface area contributed by atoms with Crippen LogP contribution in [0.4, 0.5) is 11.4 Å². The van der Waals surface area contributed by atoms with Gasteiger partial charge in [0.25, 0.3) is 0 Å². The van der Waals surface area contributed by atoms with Crippen molar-refractivity contribution >= 4 is 11.4 Å². The van der Waals surface area contributed by atoms with Crippen molar-refractivity contribution in [2.24, 2.45) is 10.2 Å². The van der Waals surface area contributed by atoms with Gasteiger partial charge in [-0.05, 0) is 62.6 Å². The van der Waals surface area contributed by atoms with E-state index in [1.807, 2.05) is 24.3 Å². The highest BCUT2D eigenvalue weighted by Crippen LogP contribution is 2.27. The second-order valence-corrected chi connectivity index (χ2v) is 8.47. The molecule has 0 saturated heterocycles. The van der Waals surface area contributed by atoms with Crippen LogP contribution in [0.1, 0.15) is 87.8 Å². The Morgan fingerprint density at radius 1 is 0.667 bits per heavy atom. The molecule has 0 aliphatic carbocycles. The first kappa shape index (κ1) is 24.1. The van der Waals surface area contributed by atoms with E-state index in [0.717, 1.165) is 41.3 Å². The monoisotopic (exact) mass is 408 g/mol. The van der Waals surface area contributed by atoms with Gasteiger partial charge in [0.15, 0.2) is 0 Å².